The molecule has 0 aromatic heterocycles. The van der Waals surface area contributed by atoms with Crippen molar-refractivity contribution >= 4 is 39.2 Å². The van der Waals surface area contributed by atoms with Gasteiger partial charge in [0.05, 0.1) is 22.2 Å². The van der Waals surface area contributed by atoms with Gasteiger partial charge in [0, 0.05) is 12.6 Å². The molecule has 0 aliphatic carbocycles. The second-order valence-electron chi connectivity index (χ2n) is 4.25. The summed E-state index contributed by atoms with van der Waals surface area (Å²) in [5.74, 6) is -1.34. The molecule has 1 aromatic rings. The lowest BCUT2D eigenvalue weighted by Crippen LogP contribution is -2.36. The number of sulfonamides is 1. The first kappa shape index (κ1) is 18.2. The Balaban J connectivity index is 3.13. The lowest BCUT2D eigenvalue weighted by molar-refractivity contribution is 0.0697. The molecule has 0 aliphatic rings. The highest BCUT2D eigenvalue weighted by Crippen LogP contribution is 2.28. The summed E-state index contributed by atoms with van der Waals surface area (Å²) in [4.78, 5) is 10.7. The van der Waals surface area contributed by atoms with Crippen LogP contribution in [-0.2, 0) is 14.8 Å². The van der Waals surface area contributed by atoms with Crippen LogP contribution in [0.25, 0.3) is 0 Å². The number of halogens is 2. The first-order valence-corrected chi connectivity index (χ1v) is 8.25. The summed E-state index contributed by atoms with van der Waals surface area (Å²) in [5, 5.41) is 8.70. The maximum atomic E-state index is 12.2. The Bertz CT molecular complexity index is 633. The number of carboxylic acid groups (broad SMARTS) is 1. The highest BCUT2D eigenvalue weighted by Gasteiger charge is 2.24. The molecule has 0 spiro atoms. The van der Waals surface area contributed by atoms with Crippen LogP contribution in [-0.4, -0.2) is 38.7 Å². The Morgan fingerprint density at radius 1 is 1.38 bits per heavy atom. The van der Waals surface area contributed by atoms with Gasteiger partial charge in [0.1, 0.15) is 4.90 Å². The molecule has 1 rings (SSSR count). The van der Waals surface area contributed by atoms with E-state index in [9.17, 15) is 13.2 Å². The average molecular weight is 356 g/mol. The van der Waals surface area contributed by atoms with E-state index in [0.717, 1.165) is 12.1 Å². The second-order valence-corrected chi connectivity index (χ2v) is 6.75. The van der Waals surface area contributed by atoms with Crippen molar-refractivity contribution in [2.45, 2.75) is 24.8 Å². The molecule has 0 amide bonds. The minimum absolute atomic E-state index is 0.131. The number of nitrogens with one attached hydrogen (secondary N) is 1. The predicted molar refractivity (Wildman–Crippen MR) is 79.7 cm³/mol. The Labute approximate surface area is 133 Å². The zero-order valence-electron chi connectivity index (χ0n) is 11.4. The molecule has 0 saturated heterocycles. The zero-order chi connectivity index (χ0) is 16.2. The third-order valence-electron chi connectivity index (χ3n) is 2.47. The zero-order valence-corrected chi connectivity index (χ0v) is 13.7. The van der Waals surface area contributed by atoms with Crippen molar-refractivity contribution in [1.29, 1.82) is 0 Å². The first-order valence-electron chi connectivity index (χ1n) is 6.01. The number of benzene rings is 1. The van der Waals surface area contributed by atoms with E-state index >= 15 is 0 Å². The van der Waals surface area contributed by atoms with Crippen LogP contribution in [0.2, 0.25) is 10.0 Å². The maximum absolute atomic E-state index is 12.2. The third kappa shape index (κ3) is 4.82. The molecule has 0 bridgehead atoms. The molecule has 2 N–H and O–H groups in total. The Hall–Kier alpha value is -0.860. The minimum Gasteiger partial charge on any atom is -0.478 e. The fraction of sp³-hybridized carbons (Fsp3) is 0.417. The van der Waals surface area contributed by atoms with Gasteiger partial charge in [-0.25, -0.2) is 17.9 Å². The van der Waals surface area contributed by atoms with Crippen LogP contribution in [0.3, 0.4) is 0 Å². The van der Waals surface area contributed by atoms with Crippen LogP contribution in [0.15, 0.2) is 17.0 Å². The molecule has 0 aliphatic heterocycles. The normalized spacial score (nSPS) is 13.1. The van der Waals surface area contributed by atoms with Gasteiger partial charge in [-0.2, -0.15) is 0 Å². The van der Waals surface area contributed by atoms with Crippen LogP contribution in [0.5, 0.6) is 0 Å². The van der Waals surface area contributed by atoms with Gasteiger partial charge in [0.25, 0.3) is 0 Å². The summed E-state index contributed by atoms with van der Waals surface area (Å²) < 4.78 is 31.9. The summed E-state index contributed by atoms with van der Waals surface area (Å²) >= 11 is 11.6. The molecule has 1 atom stereocenters. The van der Waals surface area contributed by atoms with E-state index in [4.69, 9.17) is 33.0 Å². The fourth-order valence-corrected chi connectivity index (χ4v) is 3.64. The number of carboxylic acids is 1. The van der Waals surface area contributed by atoms with Gasteiger partial charge in [0.2, 0.25) is 10.0 Å². The van der Waals surface area contributed by atoms with Gasteiger partial charge in [-0.15, -0.1) is 0 Å². The summed E-state index contributed by atoms with van der Waals surface area (Å²) in [6, 6.07) is 1.53. The molecule has 6 nitrogen and oxygen atoms in total. The summed E-state index contributed by atoms with van der Waals surface area (Å²) in [6.07, 6.45) is 0. The monoisotopic (exact) mass is 355 g/mol. The van der Waals surface area contributed by atoms with Gasteiger partial charge in [-0.3, -0.25) is 0 Å². The van der Waals surface area contributed by atoms with Crippen molar-refractivity contribution in [2.24, 2.45) is 0 Å². The van der Waals surface area contributed by atoms with E-state index < -0.39 is 22.0 Å². The van der Waals surface area contributed by atoms with E-state index in [1.165, 1.54) is 0 Å². The number of hydrogen-bond donors (Lipinski definition) is 2. The van der Waals surface area contributed by atoms with Crippen molar-refractivity contribution in [3.05, 3.63) is 27.7 Å². The molecule has 21 heavy (non-hydrogen) atoms. The highest BCUT2D eigenvalue weighted by molar-refractivity contribution is 7.89. The molecule has 1 unspecified atom stereocenters. The minimum atomic E-state index is -3.98. The van der Waals surface area contributed by atoms with Crippen molar-refractivity contribution < 1.29 is 23.1 Å². The van der Waals surface area contributed by atoms with Crippen LogP contribution in [0, 0.1) is 0 Å². The molecule has 9 heteroatoms. The first-order chi connectivity index (χ1) is 9.69. The number of hydrogen-bond acceptors (Lipinski definition) is 4. The molecule has 0 saturated carbocycles. The van der Waals surface area contributed by atoms with Crippen molar-refractivity contribution in [2.75, 3.05) is 13.2 Å². The largest absolute Gasteiger partial charge is 0.478 e. The Morgan fingerprint density at radius 3 is 2.52 bits per heavy atom. The summed E-state index contributed by atoms with van der Waals surface area (Å²) in [6.45, 7) is 4.05. The average Bonchev–Trinajstić information content (AvgIpc) is 2.34. The molecular weight excluding hydrogens is 341 g/mol. The Kier molecular flexibility index (Phi) is 6.42. The standard InChI is InChI=1S/C12H15Cl2NO5S/c1-3-20-6-7(2)15-21(18,19)11-4-8(12(16)17)9(13)5-10(11)14/h4-5,7,15H,3,6H2,1-2H3,(H,16,17). The molecule has 118 valence electrons. The molecule has 0 radical (unpaired) electrons. The SMILES string of the molecule is CCOCC(C)NS(=O)(=O)c1cc(C(=O)O)c(Cl)cc1Cl. The predicted octanol–water partition coefficient (Wildman–Crippen LogP) is 2.39. The maximum Gasteiger partial charge on any atom is 0.337 e. The van der Waals surface area contributed by atoms with Gasteiger partial charge in [0.15, 0.2) is 0 Å². The van der Waals surface area contributed by atoms with Gasteiger partial charge in [-0.1, -0.05) is 23.2 Å². The molecule has 0 fully saturated rings. The molecular formula is C12H15Cl2NO5S. The van der Waals surface area contributed by atoms with Gasteiger partial charge >= 0.3 is 5.97 Å². The van der Waals surface area contributed by atoms with Crippen molar-refractivity contribution in [3.8, 4) is 0 Å². The van der Waals surface area contributed by atoms with Crippen LogP contribution < -0.4 is 4.72 Å². The van der Waals surface area contributed by atoms with E-state index in [1.807, 2.05) is 0 Å². The number of aromatic carboxylic acids is 1. The topological polar surface area (TPSA) is 92.7 Å². The second kappa shape index (κ2) is 7.42. The van der Waals surface area contributed by atoms with Crippen molar-refractivity contribution in [1.82, 2.24) is 4.72 Å². The van der Waals surface area contributed by atoms with E-state index in [-0.39, 0.29) is 27.1 Å². The Morgan fingerprint density at radius 2 is 2.00 bits per heavy atom. The molecule has 0 heterocycles. The van der Waals surface area contributed by atoms with Crippen molar-refractivity contribution in [3.63, 3.8) is 0 Å². The lowest BCUT2D eigenvalue weighted by Gasteiger charge is -2.15. The van der Waals surface area contributed by atoms with Crippen LogP contribution >= 0.6 is 23.2 Å². The van der Waals surface area contributed by atoms with E-state index in [0.29, 0.717) is 6.61 Å². The summed E-state index contributed by atoms with van der Waals surface area (Å²) in [7, 11) is -3.98. The van der Waals surface area contributed by atoms with Crippen LogP contribution in [0.1, 0.15) is 24.2 Å². The number of ether oxygens (including phenoxy) is 1. The quantitative estimate of drug-likeness (QED) is 0.783. The highest BCUT2D eigenvalue weighted by atomic mass is 35.5. The number of rotatable bonds is 7. The third-order valence-corrected chi connectivity index (χ3v) is 4.84. The van der Waals surface area contributed by atoms with E-state index in [2.05, 4.69) is 4.72 Å². The van der Waals surface area contributed by atoms with E-state index in [1.54, 1.807) is 13.8 Å². The summed E-state index contributed by atoms with van der Waals surface area (Å²) in [5.41, 5.74) is -0.334. The van der Waals surface area contributed by atoms with Crippen LogP contribution in [0.4, 0.5) is 0 Å². The van der Waals surface area contributed by atoms with Gasteiger partial charge in [-0.05, 0) is 26.0 Å². The number of carbonyl (C=O) groups is 1. The fourth-order valence-electron chi connectivity index (χ4n) is 1.56. The van der Waals surface area contributed by atoms with Gasteiger partial charge < -0.3 is 9.84 Å². The smallest absolute Gasteiger partial charge is 0.337 e. The molecule has 1 aromatic carbocycles. The lowest BCUT2D eigenvalue weighted by atomic mass is 10.2.